The molecule has 6 nitrogen and oxygen atoms in total. The fourth-order valence-electron chi connectivity index (χ4n) is 3.37. The van der Waals surface area contributed by atoms with Crippen LogP contribution in [0.2, 0.25) is 0 Å². The molecule has 0 radical (unpaired) electrons. The number of nitrogens with one attached hydrogen (secondary N) is 1. The lowest BCUT2D eigenvalue weighted by Crippen LogP contribution is -2.31. The molecule has 1 aliphatic heterocycles. The molecule has 0 spiro atoms. The van der Waals surface area contributed by atoms with Crippen LogP contribution < -0.4 is 5.32 Å². The largest absolute Gasteiger partial charge is 0.352 e. The van der Waals surface area contributed by atoms with Crippen LogP contribution in [0.3, 0.4) is 0 Å². The first-order valence-electron chi connectivity index (χ1n) is 9.89. The highest BCUT2D eigenvalue weighted by atomic mass is 32.2. The molecule has 0 atom stereocenters. The van der Waals surface area contributed by atoms with Gasteiger partial charge in [-0.1, -0.05) is 37.3 Å². The molecule has 0 fully saturated rings. The van der Waals surface area contributed by atoms with Crippen molar-refractivity contribution in [3.05, 3.63) is 75.9 Å². The smallest absolute Gasteiger partial charge is 0.268 e. The molecule has 0 saturated carbocycles. The maximum atomic E-state index is 13.2. The minimum atomic E-state index is -3.96. The van der Waals surface area contributed by atoms with Crippen molar-refractivity contribution in [3.63, 3.8) is 0 Å². The second-order valence-corrected chi connectivity index (χ2v) is 9.32. The summed E-state index contributed by atoms with van der Waals surface area (Å²) in [5, 5.41) is 2.79. The summed E-state index contributed by atoms with van der Waals surface area (Å²) in [6, 6.07) is 12.0. The first kappa shape index (κ1) is 21.8. The third kappa shape index (κ3) is 4.03. The van der Waals surface area contributed by atoms with Crippen molar-refractivity contribution >= 4 is 26.7 Å². The fourth-order valence-corrected chi connectivity index (χ4v) is 5.16. The van der Waals surface area contributed by atoms with Crippen LogP contribution in [0.1, 0.15) is 52.9 Å². The van der Waals surface area contributed by atoms with Crippen molar-refractivity contribution in [1.82, 2.24) is 9.62 Å². The number of carbonyl (C=O) groups excluding carboxylic acids is 2. The van der Waals surface area contributed by atoms with E-state index in [-0.39, 0.29) is 22.9 Å². The van der Waals surface area contributed by atoms with Crippen LogP contribution in [0.4, 0.5) is 0 Å². The molecule has 1 N–H and O–H groups in total. The van der Waals surface area contributed by atoms with Gasteiger partial charge in [-0.3, -0.25) is 9.59 Å². The number of sulfonamides is 1. The molecule has 2 aromatic rings. The Morgan fingerprint density at radius 3 is 2.27 bits per heavy atom. The minimum Gasteiger partial charge on any atom is -0.352 e. The Hall–Kier alpha value is -2.93. The highest BCUT2D eigenvalue weighted by Gasteiger charge is 2.42. The quantitative estimate of drug-likeness (QED) is 0.766. The average molecular weight is 427 g/mol. The van der Waals surface area contributed by atoms with Gasteiger partial charge in [-0.2, -0.15) is 0 Å². The van der Waals surface area contributed by atoms with Crippen LogP contribution in [-0.4, -0.2) is 31.1 Å². The molecule has 0 unspecified atom stereocenters. The summed E-state index contributed by atoms with van der Waals surface area (Å²) < 4.78 is 27.3. The number of hydrogen-bond acceptors (Lipinski definition) is 4. The van der Waals surface area contributed by atoms with Crippen molar-refractivity contribution in [2.75, 3.05) is 6.54 Å². The van der Waals surface area contributed by atoms with E-state index >= 15 is 0 Å². The average Bonchev–Trinajstić information content (AvgIpc) is 2.88. The van der Waals surface area contributed by atoms with E-state index in [0.29, 0.717) is 23.2 Å². The Balaban J connectivity index is 1.85. The van der Waals surface area contributed by atoms with Gasteiger partial charge in [0.15, 0.2) is 0 Å². The van der Waals surface area contributed by atoms with Crippen LogP contribution in [0.25, 0.3) is 4.91 Å². The highest BCUT2D eigenvalue weighted by molar-refractivity contribution is 7.99. The molecule has 158 valence electrons. The van der Waals surface area contributed by atoms with Gasteiger partial charge in [-0.25, -0.2) is 12.7 Å². The van der Waals surface area contributed by atoms with E-state index in [2.05, 4.69) is 5.32 Å². The van der Waals surface area contributed by atoms with Crippen molar-refractivity contribution in [2.24, 2.45) is 0 Å². The Morgan fingerprint density at radius 2 is 1.67 bits per heavy atom. The van der Waals surface area contributed by atoms with E-state index in [0.717, 1.165) is 21.9 Å². The normalized spacial score (nSPS) is 15.6. The standard InChI is InChI=1S/C23H26N2O4S/c1-5-12-24-22(26)19-10-7-18(8-11-19)14-25-23(27)17(4)21(30(25,28)29)20-9-6-15(2)16(3)13-20/h6-11,13H,5,12,14H2,1-4H3,(H,24,26). The summed E-state index contributed by atoms with van der Waals surface area (Å²) >= 11 is 0. The minimum absolute atomic E-state index is 0.0613. The van der Waals surface area contributed by atoms with Crippen molar-refractivity contribution in [1.29, 1.82) is 0 Å². The van der Waals surface area contributed by atoms with Crippen LogP contribution >= 0.6 is 0 Å². The lowest BCUT2D eigenvalue weighted by molar-refractivity contribution is -0.122. The van der Waals surface area contributed by atoms with Gasteiger partial charge in [0, 0.05) is 17.7 Å². The Bertz CT molecular complexity index is 1130. The van der Waals surface area contributed by atoms with E-state index in [9.17, 15) is 18.0 Å². The molecular weight excluding hydrogens is 400 g/mol. The highest BCUT2D eigenvalue weighted by Crippen LogP contribution is 2.37. The third-order valence-electron chi connectivity index (χ3n) is 5.28. The third-order valence-corrected chi connectivity index (χ3v) is 7.22. The van der Waals surface area contributed by atoms with Gasteiger partial charge in [0.1, 0.15) is 4.91 Å². The lowest BCUT2D eigenvalue weighted by Gasteiger charge is -2.17. The molecule has 1 heterocycles. The van der Waals surface area contributed by atoms with Gasteiger partial charge in [0.05, 0.1) is 6.54 Å². The predicted octanol–water partition coefficient (Wildman–Crippen LogP) is 3.55. The Kier molecular flexibility index (Phi) is 6.12. The van der Waals surface area contributed by atoms with E-state index in [4.69, 9.17) is 0 Å². The first-order chi connectivity index (χ1) is 14.2. The zero-order valence-electron chi connectivity index (χ0n) is 17.7. The maximum absolute atomic E-state index is 13.2. The molecule has 7 heteroatoms. The Morgan fingerprint density at radius 1 is 1.00 bits per heavy atom. The van der Waals surface area contributed by atoms with Gasteiger partial charge in [-0.05, 0) is 61.6 Å². The SMILES string of the molecule is CCCNC(=O)c1ccc(CN2C(=O)C(C)=C(c3ccc(C)c(C)c3)S2(=O)=O)cc1. The van der Waals surface area contributed by atoms with Crippen LogP contribution in [0.15, 0.2) is 48.0 Å². The molecular formula is C23H26N2O4S. The summed E-state index contributed by atoms with van der Waals surface area (Å²) in [6.45, 7) is 7.89. The zero-order valence-corrected chi connectivity index (χ0v) is 18.5. The van der Waals surface area contributed by atoms with Gasteiger partial charge < -0.3 is 5.32 Å². The van der Waals surface area contributed by atoms with Crippen LogP contribution in [0, 0.1) is 13.8 Å². The Labute approximate surface area is 177 Å². The maximum Gasteiger partial charge on any atom is 0.268 e. The second-order valence-electron chi connectivity index (χ2n) is 7.52. The van der Waals surface area contributed by atoms with Gasteiger partial charge in [0.2, 0.25) is 0 Å². The molecule has 3 rings (SSSR count). The van der Waals surface area contributed by atoms with E-state index in [1.807, 2.05) is 26.8 Å². The predicted molar refractivity (Wildman–Crippen MR) is 117 cm³/mol. The van der Waals surface area contributed by atoms with E-state index in [1.165, 1.54) is 0 Å². The molecule has 0 aliphatic carbocycles. The monoisotopic (exact) mass is 426 g/mol. The first-order valence-corrected chi connectivity index (χ1v) is 11.3. The number of rotatable bonds is 6. The van der Waals surface area contributed by atoms with E-state index < -0.39 is 15.9 Å². The summed E-state index contributed by atoms with van der Waals surface area (Å²) in [7, 11) is -3.96. The summed E-state index contributed by atoms with van der Waals surface area (Å²) in [5.74, 6) is -0.698. The summed E-state index contributed by atoms with van der Waals surface area (Å²) in [4.78, 5) is 24.9. The molecule has 2 amide bonds. The number of benzene rings is 2. The molecule has 2 aromatic carbocycles. The van der Waals surface area contributed by atoms with Crippen molar-refractivity contribution < 1.29 is 18.0 Å². The topological polar surface area (TPSA) is 83.6 Å². The number of hydrogen-bond donors (Lipinski definition) is 1. The van der Waals surface area contributed by atoms with E-state index in [1.54, 1.807) is 43.3 Å². The van der Waals surface area contributed by atoms with Gasteiger partial charge in [0.25, 0.3) is 21.8 Å². The molecule has 30 heavy (non-hydrogen) atoms. The van der Waals surface area contributed by atoms with Gasteiger partial charge in [-0.15, -0.1) is 0 Å². The molecule has 0 aromatic heterocycles. The lowest BCUT2D eigenvalue weighted by atomic mass is 10.0. The number of carbonyl (C=O) groups is 2. The second kappa shape index (κ2) is 8.44. The zero-order chi connectivity index (χ0) is 22.1. The van der Waals surface area contributed by atoms with Gasteiger partial charge >= 0.3 is 0 Å². The fraction of sp³-hybridized carbons (Fsp3) is 0.304. The summed E-state index contributed by atoms with van der Waals surface area (Å²) in [6.07, 6.45) is 0.841. The number of nitrogens with zero attached hydrogens (tertiary/aromatic N) is 1. The number of aryl methyl sites for hydroxylation is 2. The number of amides is 2. The van der Waals surface area contributed by atoms with Crippen molar-refractivity contribution in [2.45, 2.75) is 40.7 Å². The molecule has 1 aliphatic rings. The van der Waals surface area contributed by atoms with Crippen molar-refractivity contribution in [3.8, 4) is 0 Å². The molecule has 0 saturated heterocycles. The summed E-state index contributed by atoms with van der Waals surface area (Å²) in [5.41, 5.74) is 3.88. The van der Waals surface area contributed by atoms with Crippen LogP contribution in [0.5, 0.6) is 0 Å². The van der Waals surface area contributed by atoms with Crippen LogP contribution in [-0.2, 0) is 21.4 Å². The molecule has 0 bridgehead atoms.